The number of unbranched alkanes of at least 4 members (excludes halogenated alkanes) is 8. The Bertz CT molecular complexity index is 139. The van der Waals surface area contributed by atoms with Crippen LogP contribution in [0.25, 0.3) is 0 Å². The van der Waals surface area contributed by atoms with E-state index < -0.39 is 0 Å². The molecule has 104 valence electrons. The Balaban J connectivity index is 3.09. The van der Waals surface area contributed by atoms with Crippen molar-refractivity contribution in [3.63, 3.8) is 0 Å². The van der Waals surface area contributed by atoms with Gasteiger partial charge in [0.25, 0.3) is 0 Å². The maximum Gasteiger partial charge on any atom is 0.104 e. The zero-order valence-electron chi connectivity index (χ0n) is 12.0. The van der Waals surface area contributed by atoms with Crippen LogP contribution in [0.4, 0.5) is 0 Å². The van der Waals surface area contributed by atoms with Gasteiger partial charge in [0.05, 0.1) is 0 Å². The summed E-state index contributed by atoms with van der Waals surface area (Å²) in [5.41, 5.74) is 0. The summed E-state index contributed by atoms with van der Waals surface area (Å²) >= 11 is 0. The minimum atomic E-state index is -0.275. The van der Waals surface area contributed by atoms with E-state index in [0.717, 1.165) is 19.4 Å². The number of hydrogen-bond acceptors (Lipinski definition) is 2. The van der Waals surface area contributed by atoms with Crippen molar-refractivity contribution in [3.05, 3.63) is 0 Å². The Kier molecular flexibility index (Phi) is 13.9. The van der Waals surface area contributed by atoms with Crippen LogP contribution in [0.15, 0.2) is 0 Å². The van der Waals surface area contributed by atoms with Gasteiger partial charge in [-0.15, -0.1) is 0 Å². The molecule has 0 aliphatic carbocycles. The van der Waals surface area contributed by atoms with Gasteiger partial charge in [-0.05, 0) is 25.8 Å². The molecule has 0 heterocycles. The lowest BCUT2D eigenvalue weighted by Crippen LogP contribution is -2.29. The molecule has 0 radical (unpaired) electrons. The van der Waals surface area contributed by atoms with Crippen molar-refractivity contribution in [3.8, 4) is 0 Å². The third-order valence-corrected chi connectivity index (χ3v) is 3.24. The van der Waals surface area contributed by atoms with Gasteiger partial charge in [0.15, 0.2) is 0 Å². The van der Waals surface area contributed by atoms with Crippen molar-refractivity contribution in [1.82, 2.24) is 5.32 Å². The molecule has 0 saturated heterocycles. The standard InChI is InChI=1S/C15H33NO/c1-3-5-7-9-10-11-13-15(17)16-14-12-8-6-4-2/h15-17H,3-14H2,1-2H3. The molecule has 1 unspecified atom stereocenters. The predicted molar refractivity (Wildman–Crippen MR) is 76.1 cm³/mol. The summed E-state index contributed by atoms with van der Waals surface area (Å²) in [5.74, 6) is 0. The van der Waals surface area contributed by atoms with E-state index in [4.69, 9.17) is 0 Å². The fourth-order valence-electron chi connectivity index (χ4n) is 2.04. The van der Waals surface area contributed by atoms with Crippen molar-refractivity contribution in [2.45, 2.75) is 90.7 Å². The molecule has 2 N–H and O–H groups in total. The normalized spacial score (nSPS) is 12.9. The minimum Gasteiger partial charge on any atom is -0.379 e. The largest absolute Gasteiger partial charge is 0.379 e. The van der Waals surface area contributed by atoms with E-state index in [9.17, 15) is 5.11 Å². The summed E-state index contributed by atoms with van der Waals surface area (Å²) in [7, 11) is 0. The molecule has 0 aliphatic rings. The zero-order chi connectivity index (χ0) is 12.8. The van der Waals surface area contributed by atoms with Crippen LogP contribution in [-0.4, -0.2) is 17.9 Å². The number of aliphatic hydroxyl groups excluding tert-OH is 1. The first-order valence-electron chi connectivity index (χ1n) is 7.72. The highest BCUT2D eigenvalue weighted by atomic mass is 16.3. The summed E-state index contributed by atoms with van der Waals surface area (Å²) in [6.45, 7) is 5.43. The van der Waals surface area contributed by atoms with Gasteiger partial charge in [-0.1, -0.05) is 65.2 Å². The third-order valence-electron chi connectivity index (χ3n) is 3.24. The Morgan fingerprint density at radius 3 is 1.94 bits per heavy atom. The summed E-state index contributed by atoms with van der Waals surface area (Å²) < 4.78 is 0. The molecule has 0 aromatic carbocycles. The zero-order valence-corrected chi connectivity index (χ0v) is 12.0. The second-order valence-electron chi connectivity index (χ2n) is 5.09. The summed E-state index contributed by atoms with van der Waals surface area (Å²) in [4.78, 5) is 0. The second-order valence-corrected chi connectivity index (χ2v) is 5.09. The Morgan fingerprint density at radius 1 is 0.765 bits per heavy atom. The van der Waals surface area contributed by atoms with Gasteiger partial charge in [0, 0.05) is 0 Å². The average Bonchev–Trinajstić information content (AvgIpc) is 2.33. The molecule has 0 aromatic heterocycles. The van der Waals surface area contributed by atoms with E-state index >= 15 is 0 Å². The van der Waals surface area contributed by atoms with Crippen LogP contribution in [-0.2, 0) is 0 Å². The minimum absolute atomic E-state index is 0.275. The SMILES string of the molecule is CCCCCCCCC(O)NCCCCCC. The van der Waals surface area contributed by atoms with Crippen molar-refractivity contribution in [2.24, 2.45) is 0 Å². The van der Waals surface area contributed by atoms with E-state index in [0.29, 0.717) is 0 Å². The van der Waals surface area contributed by atoms with Gasteiger partial charge < -0.3 is 5.11 Å². The number of hydrogen-bond donors (Lipinski definition) is 2. The molecule has 0 saturated carbocycles. The van der Waals surface area contributed by atoms with Gasteiger partial charge in [0.2, 0.25) is 0 Å². The molecule has 0 spiro atoms. The van der Waals surface area contributed by atoms with E-state index in [2.05, 4.69) is 19.2 Å². The molecule has 2 nitrogen and oxygen atoms in total. The number of rotatable bonds is 13. The molecular formula is C15H33NO. The van der Waals surface area contributed by atoms with Crippen LogP contribution >= 0.6 is 0 Å². The van der Waals surface area contributed by atoms with Crippen LogP contribution in [0.5, 0.6) is 0 Å². The van der Waals surface area contributed by atoms with Gasteiger partial charge in [-0.2, -0.15) is 0 Å². The first-order chi connectivity index (χ1) is 8.31. The predicted octanol–water partition coefficient (Wildman–Crippen LogP) is 4.23. The Morgan fingerprint density at radius 2 is 1.29 bits per heavy atom. The van der Waals surface area contributed by atoms with E-state index in [-0.39, 0.29) is 6.23 Å². The fourth-order valence-corrected chi connectivity index (χ4v) is 2.04. The molecule has 2 heteroatoms. The van der Waals surface area contributed by atoms with Crippen LogP contribution in [0.2, 0.25) is 0 Å². The van der Waals surface area contributed by atoms with Crippen molar-refractivity contribution < 1.29 is 5.11 Å². The smallest absolute Gasteiger partial charge is 0.104 e. The maximum absolute atomic E-state index is 9.70. The van der Waals surface area contributed by atoms with Gasteiger partial charge in [-0.25, -0.2) is 0 Å². The van der Waals surface area contributed by atoms with Crippen LogP contribution in [0.3, 0.4) is 0 Å². The number of nitrogens with one attached hydrogen (secondary N) is 1. The molecular weight excluding hydrogens is 210 g/mol. The summed E-state index contributed by atoms with van der Waals surface area (Å²) in [5, 5.41) is 12.9. The fraction of sp³-hybridized carbons (Fsp3) is 1.00. The monoisotopic (exact) mass is 243 g/mol. The van der Waals surface area contributed by atoms with Crippen molar-refractivity contribution in [2.75, 3.05) is 6.54 Å². The molecule has 17 heavy (non-hydrogen) atoms. The van der Waals surface area contributed by atoms with Crippen LogP contribution < -0.4 is 5.32 Å². The Labute approximate surface area is 108 Å². The summed E-state index contributed by atoms with van der Waals surface area (Å²) in [6, 6.07) is 0. The van der Waals surface area contributed by atoms with Gasteiger partial charge >= 0.3 is 0 Å². The highest BCUT2D eigenvalue weighted by Gasteiger charge is 2.01. The second kappa shape index (κ2) is 14.0. The summed E-state index contributed by atoms with van der Waals surface area (Å²) in [6.07, 6.45) is 13.5. The first-order valence-corrected chi connectivity index (χ1v) is 7.72. The quantitative estimate of drug-likeness (QED) is 0.375. The topological polar surface area (TPSA) is 32.3 Å². The molecule has 0 rings (SSSR count). The van der Waals surface area contributed by atoms with Crippen LogP contribution in [0.1, 0.15) is 84.5 Å². The molecule has 0 bridgehead atoms. The van der Waals surface area contributed by atoms with Crippen molar-refractivity contribution >= 4 is 0 Å². The lowest BCUT2D eigenvalue weighted by molar-refractivity contribution is 0.124. The molecule has 0 amide bonds. The molecule has 0 aliphatic heterocycles. The van der Waals surface area contributed by atoms with Gasteiger partial charge in [0.1, 0.15) is 6.23 Å². The van der Waals surface area contributed by atoms with Crippen molar-refractivity contribution in [1.29, 1.82) is 0 Å². The van der Waals surface area contributed by atoms with E-state index in [1.165, 1.54) is 57.8 Å². The molecule has 0 fully saturated rings. The average molecular weight is 243 g/mol. The van der Waals surface area contributed by atoms with E-state index in [1.54, 1.807) is 0 Å². The highest BCUT2D eigenvalue weighted by molar-refractivity contribution is 4.55. The molecule has 1 atom stereocenters. The lowest BCUT2D eigenvalue weighted by Gasteiger charge is -2.12. The Hall–Kier alpha value is -0.0800. The molecule has 0 aromatic rings. The van der Waals surface area contributed by atoms with E-state index in [1.807, 2.05) is 0 Å². The first kappa shape index (κ1) is 16.9. The highest BCUT2D eigenvalue weighted by Crippen LogP contribution is 2.08. The van der Waals surface area contributed by atoms with Gasteiger partial charge in [-0.3, -0.25) is 5.32 Å². The number of aliphatic hydroxyl groups is 1. The maximum atomic E-state index is 9.70. The lowest BCUT2D eigenvalue weighted by atomic mass is 10.1. The third kappa shape index (κ3) is 13.9. The van der Waals surface area contributed by atoms with Crippen LogP contribution in [0, 0.1) is 0 Å².